The first-order valence-corrected chi connectivity index (χ1v) is 8.18. The molecule has 0 saturated heterocycles. The van der Waals surface area contributed by atoms with Crippen molar-refractivity contribution in [3.8, 4) is 0 Å². The standard InChI is InChI=1S/C16H16IN3/c1-18-16-13(17)14(9-6-7-9)19-15(20-16)12-8-10-4-2-3-5-11(10)12/h2-5,9,12H,6-8H2,1H3,(H,18,19,20). The summed E-state index contributed by atoms with van der Waals surface area (Å²) >= 11 is 2.38. The lowest BCUT2D eigenvalue weighted by atomic mass is 9.77. The van der Waals surface area contributed by atoms with Gasteiger partial charge < -0.3 is 5.32 Å². The molecule has 1 unspecified atom stereocenters. The van der Waals surface area contributed by atoms with Crippen molar-refractivity contribution in [3.05, 3.63) is 50.5 Å². The summed E-state index contributed by atoms with van der Waals surface area (Å²) in [5.41, 5.74) is 4.10. The Morgan fingerprint density at radius 3 is 2.70 bits per heavy atom. The number of hydrogen-bond donors (Lipinski definition) is 1. The Hall–Kier alpha value is -1.17. The topological polar surface area (TPSA) is 37.8 Å². The van der Waals surface area contributed by atoms with E-state index in [1.54, 1.807) is 0 Å². The molecule has 3 nitrogen and oxygen atoms in total. The van der Waals surface area contributed by atoms with E-state index in [0.29, 0.717) is 11.8 Å². The van der Waals surface area contributed by atoms with Crippen molar-refractivity contribution in [2.45, 2.75) is 31.1 Å². The molecule has 0 aliphatic heterocycles. The van der Waals surface area contributed by atoms with Crippen molar-refractivity contribution in [1.29, 1.82) is 0 Å². The van der Waals surface area contributed by atoms with Gasteiger partial charge in [-0.3, -0.25) is 0 Å². The zero-order chi connectivity index (χ0) is 13.7. The van der Waals surface area contributed by atoms with Gasteiger partial charge in [0.25, 0.3) is 0 Å². The molecule has 1 N–H and O–H groups in total. The molecule has 1 aromatic heterocycles. The Balaban J connectivity index is 1.78. The number of nitrogens with one attached hydrogen (secondary N) is 1. The minimum absolute atomic E-state index is 0.382. The summed E-state index contributed by atoms with van der Waals surface area (Å²) in [7, 11) is 1.94. The third-order valence-corrected chi connectivity index (χ3v) is 5.32. The molecule has 4 heteroatoms. The van der Waals surface area contributed by atoms with Crippen LogP contribution in [-0.2, 0) is 6.42 Å². The molecule has 4 rings (SSSR count). The normalized spacial score (nSPS) is 20.2. The second kappa shape index (κ2) is 4.69. The van der Waals surface area contributed by atoms with Crippen LogP contribution in [-0.4, -0.2) is 17.0 Å². The molecule has 2 aliphatic carbocycles. The van der Waals surface area contributed by atoms with Crippen LogP contribution < -0.4 is 5.32 Å². The van der Waals surface area contributed by atoms with Gasteiger partial charge in [0.2, 0.25) is 0 Å². The van der Waals surface area contributed by atoms with Crippen LogP contribution in [0.2, 0.25) is 0 Å². The summed E-state index contributed by atoms with van der Waals surface area (Å²) in [5, 5.41) is 3.23. The molecule has 20 heavy (non-hydrogen) atoms. The van der Waals surface area contributed by atoms with Crippen LogP contribution in [0.15, 0.2) is 24.3 Å². The van der Waals surface area contributed by atoms with E-state index in [2.05, 4.69) is 52.2 Å². The number of halogens is 1. The molecule has 2 aromatic rings. The van der Waals surface area contributed by atoms with Gasteiger partial charge in [-0.2, -0.15) is 0 Å². The van der Waals surface area contributed by atoms with Gasteiger partial charge in [0, 0.05) is 18.9 Å². The molecule has 0 amide bonds. The Kier molecular flexibility index (Phi) is 2.94. The SMILES string of the molecule is CNc1nc(C2Cc3ccccc32)nc(C2CC2)c1I. The molecule has 0 spiro atoms. The summed E-state index contributed by atoms with van der Waals surface area (Å²) in [5.74, 6) is 3.02. The first-order chi connectivity index (χ1) is 9.78. The zero-order valence-electron chi connectivity index (χ0n) is 11.4. The molecule has 102 valence electrons. The number of rotatable bonds is 3. The van der Waals surface area contributed by atoms with Crippen molar-refractivity contribution in [1.82, 2.24) is 9.97 Å². The summed E-state index contributed by atoms with van der Waals surface area (Å²) in [6.45, 7) is 0. The Morgan fingerprint density at radius 1 is 1.20 bits per heavy atom. The highest BCUT2D eigenvalue weighted by molar-refractivity contribution is 14.1. The fraction of sp³-hybridized carbons (Fsp3) is 0.375. The lowest BCUT2D eigenvalue weighted by Gasteiger charge is -2.29. The van der Waals surface area contributed by atoms with E-state index in [0.717, 1.165) is 18.1 Å². The smallest absolute Gasteiger partial charge is 0.143 e. The molecule has 1 heterocycles. The second-order valence-corrected chi connectivity index (χ2v) is 6.69. The number of nitrogens with zero attached hydrogens (tertiary/aromatic N) is 2. The second-order valence-electron chi connectivity index (χ2n) is 5.61. The maximum Gasteiger partial charge on any atom is 0.143 e. The monoisotopic (exact) mass is 377 g/mol. The summed E-state index contributed by atoms with van der Waals surface area (Å²) in [6, 6.07) is 8.64. The van der Waals surface area contributed by atoms with Crippen molar-refractivity contribution in [2.75, 3.05) is 12.4 Å². The third-order valence-electron chi connectivity index (χ3n) is 4.26. The molecular formula is C16H16IN3. The fourth-order valence-electron chi connectivity index (χ4n) is 2.92. The summed E-state index contributed by atoms with van der Waals surface area (Å²) in [6.07, 6.45) is 3.62. The van der Waals surface area contributed by atoms with Gasteiger partial charge in [0.1, 0.15) is 11.6 Å². The van der Waals surface area contributed by atoms with Gasteiger partial charge in [-0.05, 0) is 53.0 Å². The first kappa shape index (κ1) is 12.6. The van der Waals surface area contributed by atoms with Crippen molar-refractivity contribution >= 4 is 28.4 Å². The molecule has 1 aromatic carbocycles. The minimum Gasteiger partial charge on any atom is -0.372 e. The van der Waals surface area contributed by atoms with Crippen LogP contribution in [0, 0.1) is 3.57 Å². The van der Waals surface area contributed by atoms with Crippen molar-refractivity contribution < 1.29 is 0 Å². The number of aromatic nitrogens is 2. The zero-order valence-corrected chi connectivity index (χ0v) is 13.5. The highest BCUT2D eigenvalue weighted by Crippen LogP contribution is 2.44. The van der Waals surface area contributed by atoms with Crippen LogP contribution >= 0.6 is 22.6 Å². The molecule has 1 fully saturated rings. The molecular weight excluding hydrogens is 361 g/mol. The van der Waals surface area contributed by atoms with Gasteiger partial charge in [0.15, 0.2) is 0 Å². The highest BCUT2D eigenvalue weighted by Gasteiger charge is 2.33. The van der Waals surface area contributed by atoms with Gasteiger partial charge in [-0.25, -0.2) is 9.97 Å². The van der Waals surface area contributed by atoms with E-state index in [9.17, 15) is 0 Å². The van der Waals surface area contributed by atoms with Gasteiger partial charge in [-0.1, -0.05) is 24.3 Å². The van der Waals surface area contributed by atoms with Crippen LogP contribution in [0.3, 0.4) is 0 Å². The molecule has 2 aliphatic rings. The fourth-order valence-corrected chi connectivity index (χ4v) is 3.87. The predicted molar refractivity (Wildman–Crippen MR) is 88.3 cm³/mol. The van der Waals surface area contributed by atoms with E-state index in [1.165, 1.54) is 33.2 Å². The van der Waals surface area contributed by atoms with E-state index < -0.39 is 0 Å². The van der Waals surface area contributed by atoms with Gasteiger partial charge >= 0.3 is 0 Å². The Labute approximate surface area is 132 Å². The lowest BCUT2D eigenvalue weighted by Crippen LogP contribution is -2.22. The number of benzene rings is 1. The van der Waals surface area contributed by atoms with Crippen LogP contribution in [0.1, 0.15) is 47.3 Å². The van der Waals surface area contributed by atoms with Crippen molar-refractivity contribution in [2.24, 2.45) is 0 Å². The van der Waals surface area contributed by atoms with Crippen molar-refractivity contribution in [3.63, 3.8) is 0 Å². The number of hydrogen-bond acceptors (Lipinski definition) is 3. The molecule has 1 saturated carbocycles. The number of anilines is 1. The quantitative estimate of drug-likeness (QED) is 0.830. The highest BCUT2D eigenvalue weighted by atomic mass is 127. The van der Waals surface area contributed by atoms with E-state index >= 15 is 0 Å². The largest absolute Gasteiger partial charge is 0.372 e. The maximum absolute atomic E-state index is 4.91. The van der Waals surface area contributed by atoms with Crippen LogP contribution in [0.4, 0.5) is 5.82 Å². The van der Waals surface area contributed by atoms with Gasteiger partial charge in [-0.15, -0.1) is 0 Å². The average Bonchev–Trinajstić information content (AvgIpc) is 3.26. The molecule has 0 radical (unpaired) electrons. The van der Waals surface area contributed by atoms with Crippen LogP contribution in [0.5, 0.6) is 0 Å². The molecule has 0 bridgehead atoms. The average molecular weight is 377 g/mol. The summed E-state index contributed by atoms with van der Waals surface area (Å²) in [4.78, 5) is 9.66. The maximum atomic E-state index is 4.91. The molecule has 1 atom stereocenters. The predicted octanol–water partition coefficient (Wildman–Crippen LogP) is 3.69. The van der Waals surface area contributed by atoms with E-state index in [1.807, 2.05) is 7.05 Å². The van der Waals surface area contributed by atoms with Gasteiger partial charge in [0.05, 0.1) is 9.26 Å². The van der Waals surface area contributed by atoms with Crippen LogP contribution in [0.25, 0.3) is 0 Å². The first-order valence-electron chi connectivity index (χ1n) is 7.11. The van der Waals surface area contributed by atoms with E-state index in [-0.39, 0.29) is 0 Å². The van der Waals surface area contributed by atoms with E-state index in [4.69, 9.17) is 9.97 Å². The Bertz CT molecular complexity index is 679. The minimum atomic E-state index is 0.382. The summed E-state index contributed by atoms with van der Waals surface area (Å²) < 4.78 is 1.20. The lowest BCUT2D eigenvalue weighted by molar-refractivity contribution is 0.653. The third kappa shape index (κ3) is 1.92. The number of fused-ring (bicyclic) bond motifs is 1. The Morgan fingerprint density at radius 2 is 2.00 bits per heavy atom.